The van der Waals surface area contributed by atoms with Gasteiger partial charge in [0, 0.05) is 33.2 Å². The number of hydrogen-bond acceptors (Lipinski definition) is 2. The van der Waals surface area contributed by atoms with E-state index in [1.54, 1.807) is 6.20 Å². The number of rotatable bonds is 2. The fraction of sp³-hybridized carbons (Fsp3) is 0. The third-order valence-electron chi connectivity index (χ3n) is 3.65. The largest absolute Gasteiger partial charge is 0.354 e. The molecule has 2 aromatic carbocycles. The summed E-state index contributed by atoms with van der Waals surface area (Å²) in [5.41, 5.74) is 3.06. The van der Waals surface area contributed by atoms with E-state index < -0.39 is 0 Å². The van der Waals surface area contributed by atoms with Crippen LogP contribution in [0.1, 0.15) is 0 Å². The highest BCUT2D eigenvalue weighted by Crippen LogP contribution is 2.31. The van der Waals surface area contributed by atoms with Crippen molar-refractivity contribution in [1.82, 2.24) is 9.97 Å². The zero-order valence-corrected chi connectivity index (χ0v) is 12.2. The molecule has 3 N–H and O–H groups in total. The van der Waals surface area contributed by atoms with Gasteiger partial charge in [-0.15, -0.1) is 0 Å². The van der Waals surface area contributed by atoms with E-state index in [1.807, 2.05) is 48.5 Å². The minimum Gasteiger partial charge on any atom is -0.354 e. The lowest BCUT2D eigenvalue weighted by molar-refractivity contribution is 1.26. The zero-order chi connectivity index (χ0) is 15.1. The Morgan fingerprint density at radius 1 is 1.05 bits per heavy atom. The molecule has 0 saturated heterocycles. The van der Waals surface area contributed by atoms with Gasteiger partial charge in [-0.2, -0.15) is 0 Å². The van der Waals surface area contributed by atoms with Gasteiger partial charge >= 0.3 is 0 Å². The third-order valence-corrected chi connectivity index (χ3v) is 3.89. The number of hydrogen-bond donors (Lipinski definition) is 3. The van der Waals surface area contributed by atoms with Gasteiger partial charge in [0.15, 0.2) is 0 Å². The van der Waals surface area contributed by atoms with Crippen LogP contribution in [0.2, 0.25) is 5.02 Å². The minimum atomic E-state index is -0.136. The van der Waals surface area contributed by atoms with Crippen molar-refractivity contribution in [1.29, 1.82) is 0 Å². The molecule has 2 heterocycles. The van der Waals surface area contributed by atoms with Gasteiger partial charge in [0.1, 0.15) is 5.52 Å². The molecule has 0 bridgehead atoms. The Bertz CT molecular complexity index is 1050. The monoisotopic (exact) mass is 309 g/mol. The maximum Gasteiger partial charge on any atom is 0.272 e. The molecule has 0 aliphatic carbocycles. The van der Waals surface area contributed by atoms with Gasteiger partial charge < -0.3 is 15.3 Å². The number of H-pyrrole nitrogens is 2. The highest BCUT2D eigenvalue weighted by atomic mass is 35.5. The molecule has 0 unspecified atom stereocenters. The van der Waals surface area contributed by atoms with E-state index in [-0.39, 0.29) is 5.56 Å². The zero-order valence-electron chi connectivity index (χ0n) is 11.5. The molecule has 0 spiro atoms. The normalized spacial score (nSPS) is 11.1. The summed E-state index contributed by atoms with van der Waals surface area (Å²) in [6.07, 6.45) is 1.69. The van der Waals surface area contributed by atoms with E-state index in [9.17, 15) is 4.79 Å². The Hall–Kier alpha value is -2.72. The number of aromatic amines is 2. The lowest BCUT2D eigenvalue weighted by Gasteiger charge is -2.08. The van der Waals surface area contributed by atoms with Crippen LogP contribution in [0.3, 0.4) is 0 Å². The number of para-hydroxylation sites is 1. The lowest BCUT2D eigenvalue weighted by atomic mass is 10.1. The van der Waals surface area contributed by atoms with Gasteiger partial charge in [0.2, 0.25) is 0 Å². The molecule has 0 atom stereocenters. The second-order valence-electron chi connectivity index (χ2n) is 5.09. The molecule has 5 heteroatoms. The molecular weight excluding hydrogens is 298 g/mol. The minimum absolute atomic E-state index is 0.136. The maximum absolute atomic E-state index is 12.1. The van der Waals surface area contributed by atoms with Crippen molar-refractivity contribution in [2.45, 2.75) is 0 Å². The van der Waals surface area contributed by atoms with Crippen LogP contribution in [0.4, 0.5) is 11.4 Å². The summed E-state index contributed by atoms with van der Waals surface area (Å²) in [5.74, 6) is 0. The smallest absolute Gasteiger partial charge is 0.272 e. The van der Waals surface area contributed by atoms with Crippen LogP contribution in [-0.2, 0) is 0 Å². The standard InChI is InChI=1S/C17H12ClN3O/c18-10-4-3-5-11(8-10)20-14-9-19-17(22)16-15(14)12-6-1-2-7-13(12)21-16/h1-9,20-21H,(H,19,22). The number of nitrogens with one attached hydrogen (secondary N) is 3. The van der Waals surface area contributed by atoms with Crippen molar-refractivity contribution in [2.75, 3.05) is 5.32 Å². The summed E-state index contributed by atoms with van der Waals surface area (Å²) in [5, 5.41) is 5.86. The summed E-state index contributed by atoms with van der Waals surface area (Å²) in [6, 6.07) is 15.3. The molecule has 0 fully saturated rings. The van der Waals surface area contributed by atoms with Crippen LogP contribution in [0.5, 0.6) is 0 Å². The average Bonchev–Trinajstić information content (AvgIpc) is 2.91. The lowest BCUT2D eigenvalue weighted by Crippen LogP contribution is -2.06. The quantitative estimate of drug-likeness (QED) is 0.514. The molecule has 0 saturated carbocycles. The van der Waals surface area contributed by atoms with E-state index in [1.165, 1.54) is 0 Å². The fourth-order valence-corrected chi connectivity index (χ4v) is 2.88. The maximum atomic E-state index is 12.1. The number of aromatic nitrogens is 2. The number of anilines is 2. The molecule has 108 valence electrons. The molecule has 22 heavy (non-hydrogen) atoms. The first kappa shape index (κ1) is 13.0. The molecule has 0 radical (unpaired) electrons. The Kier molecular flexibility index (Phi) is 2.91. The second kappa shape index (κ2) is 4.93. The van der Waals surface area contributed by atoms with Crippen molar-refractivity contribution < 1.29 is 0 Å². The highest BCUT2D eigenvalue weighted by molar-refractivity contribution is 6.30. The first-order chi connectivity index (χ1) is 10.7. The average molecular weight is 310 g/mol. The van der Waals surface area contributed by atoms with E-state index in [2.05, 4.69) is 15.3 Å². The summed E-state index contributed by atoms with van der Waals surface area (Å²) in [7, 11) is 0. The van der Waals surface area contributed by atoms with E-state index >= 15 is 0 Å². The van der Waals surface area contributed by atoms with Gasteiger partial charge in [-0.1, -0.05) is 35.9 Å². The Balaban J connectivity index is 1.98. The topological polar surface area (TPSA) is 60.7 Å². The highest BCUT2D eigenvalue weighted by Gasteiger charge is 2.11. The third kappa shape index (κ3) is 2.05. The first-order valence-corrected chi connectivity index (χ1v) is 7.25. The van der Waals surface area contributed by atoms with Crippen LogP contribution < -0.4 is 10.9 Å². The van der Waals surface area contributed by atoms with E-state index in [0.29, 0.717) is 10.5 Å². The van der Waals surface area contributed by atoms with E-state index in [4.69, 9.17) is 11.6 Å². The van der Waals surface area contributed by atoms with Gasteiger partial charge in [-0.25, -0.2) is 0 Å². The first-order valence-electron chi connectivity index (χ1n) is 6.87. The summed E-state index contributed by atoms with van der Waals surface area (Å²) < 4.78 is 0. The van der Waals surface area contributed by atoms with Crippen molar-refractivity contribution in [3.05, 3.63) is 70.1 Å². The van der Waals surface area contributed by atoms with Crippen molar-refractivity contribution in [3.8, 4) is 0 Å². The van der Waals surface area contributed by atoms with Crippen LogP contribution in [0.15, 0.2) is 59.5 Å². The van der Waals surface area contributed by atoms with Gasteiger partial charge in [-0.05, 0) is 24.3 Å². The molecule has 0 aliphatic heterocycles. The van der Waals surface area contributed by atoms with E-state index in [0.717, 1.165) is 27.7 Å². The number of halogens is 1. The molecule has 4 rings (SSSR count). The summed E-state index contributed by atoms with van der Waals surface area (Å²) >= 11 is 6.02. The van der Waals surface area contributed by atoms with Crippen LogP contribution in [0, 0.1) is 0 Å². The molecule has 4 aromatic rings. The Morgan fingerprint density at radius 2 is 1.91 bits per heavy atom. The van der Waals surface area contributed by atoms with Crippen molar-refractivity contribution in [2.24, 2.45) is 0 Å². The van der Waals surface area contributed by atoms with Gasteiger partial charge in [-0.3, -0.25) is 4.79 Å². The SMILES string of the molecule is O=c1[nH]cc(Nc2cccc(Cl)c2)c2c1[nH]c1ccccc12. The molecule has 0 amide bonds. The Morgan fingerprint density at radius 3 is 2.77 bits per heavy atom. The van der Waals surface area contributed by atoms with Crippen molar-refractivity contribution in [3.63, 3.8) is 0 Å². The van der Waals surface area contributed by atoms with Crippen LogP contribution in [0.25, 0.3) is 21.8 Å². The predicted octanol–water partition coefficient (Wildman–Crippen LogP) is 4.41. The predicted molar refractivity (Wildman–Crippen MR) is 91.2 cm³/mol. The van der Waals surface area contributed by atoms with Crippen molar-refractivity contribution >= 4 is 44.8 Å². The number of fused-ring (bicyclic) bond motifs is 3. The number of benzene rings is 2. The fourth-order valence-electron chi connectivity index (χ4n) is 2.69. The second-order valence-corrected chi connectivity index (χ2v) is 5.52. The summed E-state index contributed by atoms with van der Waals surface area (Å²) in [4.78, 5) is 18.0. The molecule has 4 nitrogen and oxygen atoms in total. The molecular formula is C17H12ClN3O. The summed E-state index contributed by atoms with van der Waals surface area (Å²) in [6.45, 7) is 0. The van der Waals surface area contributed by atoms with Crippen LogP contribution in [-0.4, -0.2) is 9.97 Å². The number of pyridine rings is 1. The van der Waals surface area contributed by atoms with Gasteiger partial charge in [0.25, 0.3) is 5.56 Å². The molecule has 2 aromatic heterocycles. The van der Waals surface area contributed by atoms with Crippen LogP contribution >= 0.6 is 11.6 Å². The Labute approximate surface area is 130 Å². The molecule has 0 aliphatic rings. The van der Waals surface area contributed by atoms with Gasteiger partial charge in [0.05, 0.1) is 5.69 Å².